The number of thioether (sulfide) groups is 2. The van der Waals surface area contributed by atoms with Gasteiger partial charge in [0, 0.05) is 15.4 Å². The molecule has 2 aliphatic rings. The number of carbonyl (C=O) groups is 2. The summed E-state index contributed by atoms with van der Waals surface area (Å²) in [5, 5.41) is 0.364. The molecule has 0 atom stereocenters. The molecule has 24 heavy (non-hydrogen) atoms. The van der Waals surface area contributed by atoms with Gasteiger partial charge in [0.05, 0.1) is 35.5 Å². The highest BCUT2D eigenvalue weighted by Gasteiger charge is 2.39. The Labute approximate surface area is 165 Å². The fourth-order valence-corrected chi connectivity index (χ4v) is 6.01. The molecule has 0 saturated heterocycles. The van der Waals surface area contributed by atoms with Gasteiger partial charge in [0.15, 0.2) is 0 Å². The number of ketones is 2. The maximum Gasteiger partial charge on any atom is 0.203 e. The van der Waals surface area contributed by atoms with Gasteiger partial charge in [-0.25, -0.2) is 0 Å². The SMILES string of the molecule is O=C1C(=C2Sc3c(Cl)c(Cl)c(Cl)c(Cl)c3C2=O)Sc2ccccc21. The van der Waals surface area contributed by atoms with Crippen LogP contribution in [0.2, 0.25) is 20.1 Å². The number of allylic oxidation sites excluding steroid dienone is 2. The molecule has 0 saturated carbocycles. The van der Waals surface area contributed by atoms with Crippen LogP contribution in [0.3, 0.4) is 0 Å². The van der Waals surface area contributed by atoms with Crippen molar-refractivity contribution in [3.8, 4) is 0 Å². The van der Waals surface area contributed by atoms with Crippen LogP contribution >= 0.6 is 69.9 Å². The first-order valence-electron chi connectivity index (χ1n) is 6.56. The van der Waals surface area contributed by atoms with Gasteiger partial charge in [-0.1, -0.05) is 82.1 Å². The number of hydrogen-bond donors (Lipinski definition) is 0. The monoisotopic (exact) mass is 432 g/mol. The van der Waals surface area contributed by atoms with Crippen LogP contribution < -0.4 is 0 Å². The van der Waals surface area contributed by atoms with Crippen molar-refractivity contribution in [2.75, 3.05) is 0 Å². The van der Waals surface area contributed by atoms with E-state index >= 15 is 0 Å². The van der Waals surface area contributed by atoms with E-state index in [4.69, 9.17) is 46.4 Å². The van der Waals surface area contributed by atoms with E-state index in [1.165, 1.54) is 11.8 Å². The van der Waals surface area contributed by atoms with Crippen molar-refractivity contribution in [1.29, 1.82) is 0 Å². The second-order valence-corrected chi connectivity index (χ2v) is 8.56. The highest BCUT2D eigenvalue weighted by molar-refractivity contribution is 8.08. The minimum atomic E-state index is -0.357. The van der Waals surface area contributed by atoms with Crippen molar-refractivity contribution in [2.24, 2.45) is 0 Å². The molecule has 2 aromatic carbocycles. The van der Waals surface area contributed by atoms with Gasteiger partial charge < -0.3 is 0 Å². The van der Waals surface area contributed by atoms with Crippen LogP contribution in [0.25, 0.3) is 0 Å². The summed E-state index contributed by atoms with van der Waals surface area (Å²) in [6.45, 7) is 0. The van der Waals surface area contributed by atoms with Gasteiger partial charge in [-0.15, -0.1) is 0 Å². The van der Waals surface area contributed by atoms with Crippen molar-refractivity contribution in [1.82, 2.24) is 0 Å². The zero-order valence-electron chi connectivity index (χ0n) is 11.5. The third kappa shape index (κ3) is 2.28. The minimum absolute atomic E-state index is 0.0379. The summed E-state index contributed by atoms with van der Waals surface area (Å²) in [5.74, 6) is -0.534. The van der Waals surface area contributed by atoms with Crippen LogP contribution in [0.1, 0.15) is 20.7 Å². The van der Waals surface area contributed by atoms with Gasteiger partial charge in [-0.05, 0) is 12.1 Å². The lowest BCUT2D eigenvalue weighted by molar-refractivity contribution is 0.101. The average Bonchev–Trinajstić information content (AvgIpc) is 3.09. The van der Waals surface area contributed by atoms with Crippen LogP contribution in [0.15, 0.2) is 43.9 Å². The van der Waals surface area contributed by atoms with Crippen molar-refractivity contribution >= 4 is 81.5 Å². The molecular formula is C16H4Cl4O2S2. The molecule has 8 heteroatoms. The summed E-state index contributed by atoms with van der Waals surface area (Å²) in [6.07, 6.45) is 0. The molecule has 120 valence electrons. The second kappa shape index (κ2) is 5.97. The number of rotatable bonds is 0. The maximum absolute atomic E-state index is 12.8. The standard InChI is InChI=1S/C16H4Cl4O2S2/c17-8-7-13(22)16(24-14(7)11(20)10(19)9(8)18)15-12(21)5-3-1-2-4-6(5)23-15/h1-4H. The Morgan fingerprint density at radius 3 is 2.04 bits per heavy atom. The van der Waals surface area contributed by atoms with Gasteiger partial charge in [-0.2, -0.15) is 0 Å². The Morgan fingerprint density at radius 1 is 0.708 bits per heavy atom. The fourth-order valence-electron chi connectivity index (χ4n) is 2.49. The Bertz CT molecular complexity index is 998. The molecule has 0 radical (unpaired) electrons. The highest BCUT2D eigenvalue weighted by atomic mass is 35.5. The second-order valence-electron chi connectivity index (χ2n) is 4.98. The number of Topliss-reactive ketones (excluding diaryl/α,β-unsaturated/α-hetero) is 2. The molecular weight excluding hydrogens is 430 g/mol. The van der Waals surface area contributed by atoms with Gasteiger partial charge in [0.25, 0.3) is 0 Å². The summed E-state index contributed by atoms with van der Waals surface area (Å²) in [6, 6.07) is 7.22. The molecule has 2 nitrogen and oxygen atoms in total. The molecule has 0 amide bonds. The molecule has 0 aliphatic carbocycles. The summed E-state index contributed by atoms with van der Waals surface area (Å²) < 4.78 is 0. The molecule has 4 rings (SSSR count). The minimum Gasteiger partial charge on any atom is -0.288 e. The molecule has 0 aromatic heterocycles. The first-order chi connectivity index (χ1) is 11.4. The lowest BCUT2D eigenvalue weighted by atomic mass is 10.1. The Hall–Kier alpha value is -0.620. The van der Waals surface area contributed by atoms with E-state index in [2.05, 4.69) is 0 Å². The lowest BCUT2D eigenvalue weighted by Crippen LogP contribution is -2.02. The third-order valence-corrected chi connectivity index (χ3v) is 8.04. The fraction of sp³-hybridized carbons (Fsp3) is 0. The molecule has 2 heterocycles. The number of hydrogen-bond acceptors (Lipinski definition) is 4. The smallest absolute Gasteiger partial charge is 0.203 e. The Balaban J connectivity index is 1.90. The summed E-state index contributed by atoms with van der Waals surface area (Å²) >= 11 is 26.9. The molecule has 2 aliphatic heterocycles. The Morgan fingerprint density at radius 2 is 1.33 bits per heavy atom. The summed E-state index contributed by atoms with van der Waals surface area (Å²) in [7, 11) is 0. The largest absolute Gasteiger partial charge is 0.288 e. The van der Waals surface area contributed by atoms with E-state index in [1.807, 2.05) is 12.1 Å². The van der Waals surface area contributed by atoms with Gasteiger partial charge >= 0.3 is 0 Å². The van der Waals surface area contributed by atoms with Crippen molar-refractivity contribution in [2.45, 2.75) is 9.79 Å². The van der Waals surface area contributed by atoms with E-state index in [-0.39, 0.29) is 37.2 Å². The van der Waals surface area contributed by atoms with Gasteiger partial charge in [0.1, 0.15) is 0 Å². The van der Waals surface area contributed by atoms with Crippen molar-refractivity contribution in [3.05, 3.63) is 65.3 Å². The topological polar surface area (TPSA) is 34.1 Å². The van der Waals surface area contributed by atoms with E-state index < -0.39 is 0 Å². The predicted molar refractivity (Wildman–Crippen MR) is 100 cm³/mol. The quantitative estimate of drug-likeness (QED) is 0.260. The van der Waals surface area contributed by atoms with E-state index in [1.54, 1.807) is 12.1 Å². The zero-order chi connectivity index (χ0) is 17.2. The van der Waals surface area contributed by atoms with Gasteiger partial charge in [-0.3, -0.25) is 9.59 Å². The molecule has 0 bridgehead atoms. The molecule has 0 spiro atoms. The normalized spacial score (nSPS) is 19.0. The van der Waals surface area contributed by atoms with E-state index in [9.17, 15) is 9.59 Å². The molecule has 0 unspecified atom stereocenters. The van der Waals surface area contributed by atoms with Gasteiger partial charge in [0.2, 0.25) is 11.6 Å². The molecule has 2 aromatic rings. The number of fused-ring (bicyclic) bond motifs is 2. The van der Waals surface area contributed by atoms with Crippen molar-refractivity contribution < 1.29 is 9.59 Å². The van der Waals surface area contributed by atoms with E-state index in [0.29, 0.717) is 20.3 Å². The van der Waals surface area contributed by atoms with E-state index in [0.717, 1.165) is 16.7 Å². The van der Waals surface area contributed by atoms with Crippen LogP contribution in [0.4, 0.5) is 0 Å². The maximum atomic E-state index is 12.8. The van der Waals surface area contributed by atoms with Crippen LogP contribution in [0, 0.1) is 0 Å². The third-order valence-electron chi connectivity index (χ3n) is 3.62. The number of halogens is 4. The van der Waals surface area contributed by atoms with Crippen LogP contribution in [0.5, 0.6) is 0 Å². The highest BCUT2D eigenvalue weighted by Crippen LogP contribution is 2.55. The summed E-state index contributed by atoms with van der Waals surface area (Å²) in [4.78, 5) is 27.4. The Kier molecular flexibility index (Phi) is 4.19. The summed E-state index contributed by atoms with van der Waals surface area (Å²) in [5.41, 5.74) is 0.788. The van der Waals surface area contributed by atoms with Crippen molar-refractivity contribution in [3.63, 3.8) is 0 Å². The first kappa shape index (κ1) is 16.8. The molecule has 0 fully saturated rings. The number of benzene rings is 2. The van der Waals surface area contributed by atoms with Crippen LogP contribution in [-0.4, -0.2) is 11.6 Å². The van der Waals surface area contributed by atoms with Crippen LogP contribution in [-0.2, 0) is 0 Å². The zero-order valence-corrected chi connectivity index (χ0v) is 16.1. The average molecular weight is 434 g/mol. The predicted octanol–water partition coefficient (Wildman–Crippen LogP) is 6.79. The molecule has 0 N–H and O–H groups in total. The lowest BCUT2D eigenvalue weighted by Gasteiger charge is -2.07. The number of carbonyl (C=O) groups excluding carboxylic acids is 2. The first-order valence-corrected chi connectivity index (χ1v) is 9.70.